The highest BCUT2D eigenvalue weighted by Gasteiger charge is 2.50. The molecule has 0 saturated heterocycles. The molecule has 3 aromatic carbocycles. The number of rotatable bonds is 4. The molecular formula is C30H25N3O2. The fourth-order valence-corrected chi connectivity index (χ4v) is 5.43. The zero-order chi connectivity index (χ0) is 24.2. The van der Waals surface area contributed by atoms with Gasteiger partial charge in [0.15, 0.2) is 5.54 Å². The number of carbonyl (C=O) groups is 1. The van der Waals surface area contributed by atoms with Crippen molar-refractivity contribution in [2.24, 2.45) is 4.99 Å². The van der Waals surface area contributed by atoms with Crippen LogP contribution in [0.1, 0.15) is 39.7 Å². The highest BCUT2D eigenvalue weighted by atomic mass is 16.5. The zero-order valence-corrected chi connectivity index (χ0v) is 19.7. The van der Waals surface area contributed by atoms with Gasteiger partial charge in [-0.05, 0) is 43.2 Å². The van der Waals surface area contributed by atoms with E-state index < -0.39 is 5.54 Å². The molecule has 35 heavy (non-hydrogen) atoms. The fourth-order valence-electron chi connectivity index (χ4n) is 5.43. The summed E-state index contributed by atoms with van der Waals surface area (Å²) in [6, 6.07) is 28.3. The summed E-state index contributed by atoms with van der Waals surface area (Å²) in [5.74, 6) is -0.328. The first-order valence-corrected chi connectivity index (χ1v) is 11.8. The number of esters is 1. The van der Waals surface area contributed by atoms with Crippen molar-refractivity contribution < 1.29 is 9.53 Å². The first-order valence-electron chi connectivity index (χ1n) is 11.8. The van der Waals surface area contributed by atoms with Crippen LogP contribution in [0.2, 0.25) is 0 Å². The Morgan fingerprint density at radius 1 is 1.00 bits per heavy atom. The van der Waals surface area contributed by atoms with E-state index in [2.05, 4.69) is 41.0 Å². The van der Waals surface area contributed by atoms with Crippen molar-refractivity contribution in [1.29, 1.82) is 0 Å². The number of benzene rings is 3. The lowest BCUT2D eigenvalue weighted by Crippen LogP contribution is -2.33. The summed E-state index contributed by atoms with van der Waals surface area (Å²) in [4.78, 5) is 18.3. The van der Waals surface area contributed by atoms with E-state index in [9.17, 15) is 4.79 Å². The molecule has 1 aromatic heterocycles. The summed E-state index contributed by atoms with van der Waals surface area (Å²) in [5.41, 5.74) is 14.6. The Hall–Kier alpha value is -4.38. The lowest BCUT2D eigenvalue weighted by atomic mass is 9.75. The molecule has 5 heteroatoms. The number of nitrogen functional groups attached to an aromatic ring is 1. The molecule has 172 valence electrons. The van der Waals surface area contributed by atoms with Crippen LogP contribution in [-0.4, -0.2) is 22.9 Å². The molecular weight excluding hydrogens is 434 g/mol. The van der Waals surface area contributed by atoms with Crippen LogP contribution in [0.4, 0.5) is 5.69 Å². The van der Waals surface area contributed by atoms with Crippen molar-refractivity contribution in [2.75, 3.05) is 12.3 Å². The number of hydrogen-bond donors (Lipinski definition) is 1. The number of allylic oxidation sites excluding steroid dienone is 1. The van der Waals surface area contributed by atoms with Gasteiger partial charge in [-0.25, -0.2) is 4.79 Å². The highest BCUT2D eigenvalue weighted by molar-refractivity contribution is 6.17. The highest BCUT2D eigenvalue weighted by Crippen LogP contribution is 2.56. The fraction of sp³-hybridized carbons (Fsp3) is 0.133. The molecule has 1 atom stereocenters. The number of fused-ring (bicyclic) bond motifs is 6. The van der Waals surface area contributed by atoms with Crippen molar-refractivity contribution in [2.45, 2.75) is 19.4 Å². The van der Waals surface area contributed by atoms with Crippen molar-refractivity contribution in [3.63, 3.8) is 0 Å². The monoisotopic (exact) mass is 459 g/mol. The van der Waals surface area contributed by atoms with Gasteiger partial charge in [0, 0.05) is 22.5 Å². The quantitative estimate of drug-likeness (QED) is 0.309. The first-order chi connectivity index (χ1) is 17.1. The number of nitrogens with two attached hydrogens (primary N) is 1. The van der Waals surface area contributed by atoms with Crippen molar-refractivity contribution >= 4 is 23.1 Å². The number of aromatic nitrogens is 1. The summed E-state index contributed by atoms with van der Waals surface area (Å²) in [7, 11) is 0. The Balaban J connectivity index is 1.74. The third-order valence-electron chi connectivity index (χ3n) is 6.91. The third-order valence-corrected chi connectivity index (χ3v) is 6.91. The Bertz CT molecular complexity index is 1530. The van der Waals surface area contributed by atoms with Gasteiger partial charge < -0.3 is 15.0 Å². The second-order valence-corrected chi connectivity index (χ2v) is 8.82. The van der Waals surface area contributed by atoms with Crippen LogP contribution in [0.5, 0.6) is 0 Å². The van der Waals surface area contributed by atoms with Gasteiger partial charge in [0.25, 0.3) is 0 Å². The Morgan fingerprint density at radius 3 is 2.43 bits per heavy atom. The smallest absolute Gasteiger partial charge is 0.339 e. The first kappa shape index (κ1) is 21.2. The van der Waals surface area contributed by atoms with Gasteiger partial charge >= 0.3 is 5.97 Å². The van der Waals surface area contributed by atoms with Crippen LogP contribution in [0, 0.1) is 6.92 Å². The van der Waals surface area contributed by atoms with Crippen LogP contribution >= 0.6 is 0 Å². The van der Waals surface area contributed by atoms with Crippen LogP contribution < -0.4 is 5.73 Å². The molecule has 2 N–H and O–H groups in total. The topological polar surface area (TPSA) is 69.6 Å². The minimum Gasteiger partial charge on any atom is -0.462 e. The molecule has 2 aliphatic heterocycles. The van der Waals surface area contributed by atoms with Crippen LogP contribution in [0.15, 0.2) is 96.0 Å². The second kappa shape index (κ2) is 7.84. The van der Waals surface area contributed by atoms with Gasteiger partial charge in [-0.2, -0.15) is 0 Å². The molecule has 4 aromatic rings. The maximum Gasteiger partial charge on any atom is 0.339 e. The third kappa shape index (κ3) is 2.94. The lowest BCUT2D eigenvalue weighted by Gasteiger charge is -2.39. The predicted molar refractivity (Wildman–Crippen MR) is 139 cm³/mol. The molecule has 0 saturated carbocycles. The van der Waals surface area contributed by atoms with Crippen LogP contribution in [0.25, 0.3) is 17.0 Å². The molecule has 0 bridgehead atoms. The average Bonchev–Trinajstić information content (AvgIpc) is 3.45. The number of hydrogen-bond acceptors (Lipinski definition) is 4. The van der Waals surface area contributed by atoms with Gasteiger partial charge in [0.2, 0.25) is 0 Å². The lowest BCUT2D eigenvalue weighted by molar-refractivity contribution is 0.0525. The summed E-state index contributed by atoms with van der Waals surface area (Å²) in [6.07, 6.45) is 2.13. The predicted octanol–water partition coefficient (Wildman–Crippen LogP) is 5.82. The molecule has 0 fully saturated rings. The molecule has 6 rings (SSSR count). The SMILES string of the molecule is CCOC(=O)c1cc2n(c1C)C1=CC(c3ccccc3)=NC1(c1ccccc1)c1c(N)cccc1-2. The van der Waals surface area contributed by atoms with Crippen LogP contribution in [-0.2, 0) is 10.3 Å². The summed E-state index contributed by atoms with van der Waals surface area (Å²) < 4.78 is 7.54. The largest absolute Gasteiger partial charge is 0.462 e. The van der Waals surface area contributed by atoms with Crippen LogP contribution in [0.3, 0.4) is 0 Å². The molecule has 3 heterocycles. The Kier molecular flexibility index (Phi) is 4.74. The van der Waals surface area contributed by atoms with E-state index in [4.69, 9.17) is 15.5 Å². The minimum atomic E-state index is -0.851. The Morgan fingerprint density at radius 2 is 1.71 bits per heavy atom. The summed E-state index contributed by atoms with van der Waals surface area (Å²) in [5, 5.41) is 0. The van der Waals surface area contributed by atoms with Gasteiger partial charge in [-0.15, -0.1) is 0 Å². The number of ether oxygens (including phenoxy) is 1. The second-order valence-electron chi connectivity index (χ2n) is 8.82. The molecule has 2 aliphatic rings. The standard InChI is InChI=1S/C30H25N3O2/c1-3-35-29(34)23-17-26-22-15-10-16-24(31)28(22)30(21-13-8-5-9-14-21)27(33(26)19(23)2)18-25(32-30)20-11-6-4-7-12-20/h4-18H,3,31H2,1-2H3. The number of aliphatic imine (C=N–C) groups is 1. The van der Waals surface area contributed by atoms with Gasteiger partial charge in [-0.1, -0.05) is 72.8 Å². The van der Waals surface area contributed by atoms with E-state index in [1.807, 2.05) is 68.4 Å². The number of carbonyl (C=O) groups excluding carboxylic acids is 1. The van der Waals surface area contributed by atoms with E-state index >= 15 is 0 Å². The molecule has 0 spiro atoms. The molecule has 0 radical (unpaired) electrons. The maximum atomic E-state index is 12.9. The van der Waals surface area contributed by atoms with E-state index in [1.54, 1.807) is 0 Å². The number of nitrogens with zero attached hydrogens (tertiary/aromatic N) is 2. The average molecular weight is 460 g/mol. The summed E-state index contributed by atoms with van der Waals surface area (Å²) >= 11 is 0. The van der Waals surface area contributed by atoms with E-state index in [0.29, 0.717) is 17.9 Å². The van der Waals surface area contributed by atoms with Crippen molar-refractivity contribution in [3.8, 4) is 11.3 Å². The van der Waals surface area contributed by atoms with E-state index in [0.717, 1.165) is 45.1 Å². The molecule has 0 aliphatic carbocycles. The zero-order valence-electron chi connectivity index (χ0n) is 19.7. The minimum absolute atomic E-state index is 0.320. The van der Waals surface area contributed by atoms with Crippen molar-refractivity contribution in [1.82, 2.24) is 4.57 Å². The molecule has 1 unspecified atom stereocenters. The van der Waals surface area contributed by atoms with E-state index in [-0.39, 0.29) is 5.97 Å². The number of anilines is 1. The maximum absolute atomic E-state index is 12.9. The summed E-state index contributed by atoms with van der Waals surface area (Å²) in [6.45, 7) is 4.10. The van der Waals surface area contributed by atoms with Gasteiger partial charge in [-0.3, -0.25) is 4.99 Å². The van der Waals surface area contributed by atoms with Gasteiger partial charge in [0.05, 0.1) is 29.3 Å². The van der Waals surface area contributed by atoms with E-state index in [1.165, 1.54) is 0 Å². The normalized spacial score (nSPS) is 17.7. The Labute approximate surface area is 204 Å². The van der Waals surface area contributed by atoms with Crippen molar-refractivity contribution in [3.05, 3.63) is 119 Å². The van der Waals surface area contributed by atoms with Gasteiger partial charge in [0.1, 0.15) is 0 Å². The molecule has 5 nitrogen and oxygen atoms in total. The molecule has 0 amide bonds.